The molecular weight excluding hydrogens is 600 g/mol. The number of primary amides is 1. The number of likely N-dealkylation sites (N-methyl/N-ethyl adjacent to an activating group) is 1. The van der Waals surface area contributed by atoms with Crippen LogP contribution in [-0.2, 0) is 9.59 Å². The van der Waals surface area contributed by atoms with E-state index in [1.165, 1.54) is 17.2 Å². The van der Waals surface area contributed by atoms with E-state index in [0.29, 0.717) is 41.5 Å². The summed E-state index contributed by atoms with van der Waals surface area (Å²) in [6.07, 6.45) is 5.54. The van der Waals surface area contributed by atoms with Gasteiger partial charge in [-0.2, -0.15) is 4.98 Å². The maximum absolute atomic E-state index is 13.3. The predicted octanol–water partition coefficient (Wildman–Crippen LogP) is 2.64. The molecule has 4 amide bonds. The molecule has 2 heterocycles. The van der Waals surface area contributed by atoms with Crippen LogP contribution in [0.1, 0.15) is 41.0 Å². The first-order valence-corrected chi connectivity index (χ1v) is 15.5. The molecule has 7 N–H and O–H groups in total. The predicted molar refractivity (Wildman–Crippen MR) is 183 cm³/mol. The lowest BCUT2D eigenvalue weighted by atomic mass is 10.2. The van der Waals surface area contributed by atoms with Crippen molar-refractivity contribution in [2.75, 3.05) is 67.6 Å². The minimum absolute atomic E-state index is 0.223. The minimum Gasteiger partial charge on any atom is -0.369 e. The Kier molecular flexibility index (Phi) is 12.4. The summed E-state index contributed by atoms with van der Waals surface area (Å²) in [5.41, 5.74) is 7.45. The summed E-state index contributed by atoms with van der Waals surface area (Å²) < 4.78 is 0. The average Bonchev–Trinajstić information content (AvgIpc) is 3.07. The molecule has 248 valence electrons. The summed E-state index contributed by atoms with van der Waals surface area (Å²) >= 11 is 0. The van der Waals surface area contributed by atoms with Crippen molar-refractivity contribution in [1.29, 1.82) is 0 Å². The molecule has 1 aliphatic rings. The number of hydrogen-bond donors (Lipinski definition) is 6. The van der Waals surface area contributed by atoms with Crippen molar-refractivity contribution < 1.29 is 19.2 Å². The van der Waals surface area contributed by atoms with E-state index < -0.39 is 17.9 Å². The number of nitrogens with one attached hydrogen (secondary N) is 5. The molecule has 47 heavy (non-hydrogen) atoms. The first kappa shape index (κ1) is 34.5. The maximum Gasteiger partial charge on any atom is 0.260 e. The van der Waals surface area contributed by atoms with E-state index in [1.54, 1.807) is 62.5 Å². The fourth-order valence-corrected chi connectivity index (χ4v) is 4.63. The van der Waals surface area contributed by atoms with Gasteiger partial charge in [-0.05, 0) is 55.8 Å². The Morgan fingerprint density at radius 3 is 2.43 bits per heavy atom. The quantitative estimate of drug-likeness (QED) is 0.143. The third-order valence-corrected chi connectivity index (χ3v) is 7.53. The van der Waals surface area contributed by atoms with Crippen LogP contribution in [0.5, 0.6) is 0 Å². The fraction of sp³-hybridized carbons (Fsp3) is 0.333. The molecule has 2 aromatic carbocycles. The molecule has 0 radical (unpaired) electrons. The topological polar surface area (TPSA) is 187 Å². The Bertz CT molecular complexity index is 1590. The summed E-state index contributed by atoms with van der Waals surface area (Å²) in [4.78, 5) is 62.8. The number of amides is 4. The van der Waals surface area contributed by atoms with Crippen molar-refractivity contribution in [2.45, 2.75) is 26.3 Å². The van der Waals surface area contributed by atoms with Crippen LogP contribution in [0.4, 0.5) is 28.8 Å². The lowest BCUT2D eigenvalue weighted by Gasteiger charge is -2.26. The van der Waals surface area contributed by atoms with Crippen molar-refractivity contribution in [2.24, 2.45) is 5.73 Å². The van der Waals surface area contributed by atoms with Crippen LogP contribution in [0.15, 0.2) is 66.9 Å². The first-order valence-electron chi connectivity index (χ1n) is 15.5. The highest BCUT2D eigenvalue weighted by atomic mass is 16.2. The third kappa shape index (κ3) is 10.1. The molecule has 1 fully saturated rings. The monoisotopic (exact) mass is 642 g/mol. The van der Waals surface area contributed by atoms with Crippen LogP contribution in [0.3, 0.4) is 0 Å². The Balaban J connectivity index is 1.37. The lowest BCUT2D eigenvalue weighted by molar-refractivity contribution is -0.132. The van der Waals surface area contributed by atoms with E-state index in [1.807, 2.05) is 13.0 Å². The zero-order chi connectivity index (χ0) is 33.8. The summed E-state index contributed by atoms with van der Waals surface area (Å²) in [5.74, 6) is -1.02. The smallest absolute Gasteiger partial charge is 0.260 e. The number of hydrogen-bond acceptors (Lipinski definition) is 10. The Labute approximate surface area is 274 Å². The number of carbonyl (C=O) groups excluding carboxylic acids is 4. The van der Waals surface area contributed by atoms with Crippen molar-refractivity contribution in [3.63, 3.8) is 0 Å². The van der Waals surface area contributed by atoms with Crippen LogP contribution in [-0.4, -0.2) is 95.8 Å². The van der Waals surface area contributed by atoms with Gasteiger partial charge in [0.05, 0.1) is 0 Å². The van der Waals surface area contributed by atoms with Gasteiger partial charge in [-0.25, -0.2) is 4.98 Å². The normalized spacial score (nSPS) is 13.9. The molecule has 1 saturated heterocycles. The SMILES string of the molecule is CCCNc1nc(Nc2ccc(C(N)=O)cc2)ncc1C(=O)Nc1cccc(NC(=O)[C@H](C)N(C)C(=O)C=CCN2CCNCC2)c1. The number of nitrogens with zero attached hydrogens (tertiary/aromatic N) is 4. The highest BCUT2D eigenvalue weighted by Gasteiger charge is 2.22. The number of benzene rings is 2. The molecule has 1 atom stereocenters. The second kappa shape index (κ2) is 16.8. The highest BCUT2D eigenvalue weighted by Crippen LogP contribution is 2.21. The molecule has 1 aliphatic heterocycles. The van der Waals surface area contributed by atoms with Gasteiger partial charge in [0.25, 0.3) is 5.91 Å². The molecule has 3 aromatic rings. The van der Waals surface area contributed by atoms with E-state index >= 15 is 0 Å². The number of piperazine rings is 1. The molecule has 0 unspecified atom stereocenters. The van der Waals surface area contributed by atoms with Crippen LogP contribution in [0.25, 0.3) is 0 Å². The van der Waals surface area contributed by atoms with Crippen LogP contribution in [0.2, 0.25) is 0 Å². The third-order valence-electron chi connectivity index (χ3n) is 7.53. The number of anilines is 5. The van der Waals surface area contributed by atoms with E-state index in [0.717, 1.165) is 32.6 Å². The second-order valence-corrected chi connectivity index (χ2v) is 11.1. The van der Waals surface area contributed by atoms with E-state index in [-0.39, 0.29) is 23.3 Å². The summed E-state index contributed by atoms with van der Waals surface area (Å²) in [7, 11) is 1.59. The fourth-order valence-electron chi connectivity index (χ4n) is 4.63. The number of carbonyl (C=O) groups is 4. The standard InChI is InChI=1S/C33H42N10O4/c1-4-14-36-30-27(21-37-33(41-30)40-24-12-10-23(11-13-24)29(34)45)32(47)39-26-8-5-7-25(20-26)38-31(46)22(2)42(3)28(44)9-6-17-43-18-15-35-16-19-43/h5-13,20-22,35H,4,14-19H2,1-3H3,(H2,34,45)(H,38,46)(H,39,47)(H2,36,37,40,41)/t22-/m0/s1. The van der Waals surface area contributed by atoms with Gasteiger partial charge < -0.3 is 37.2 Å². The lowest BCUT2D eigenvalue weighted by Crippen LogP contribution is -2.44. The minimum atomic E-state index is -0.734. The van der Waals surface area contributed by atoms with Gasteiger partial charge in [-0.1, -0.05) is 19.1 Å². The number of nitrogens with two attached hydrogens (primary N) is 1. The molecule has 14 nitrogen and oxygen atoms in total. The van der Waals surface area contributed by atoms with Gasteiger partial charge in [0.15, 0.2) is 0 Å². The van der Waals surface area contributed by atoms with Gasteiger partial charge in [0, 0.05) is 81.2 Å². The Hall–Kier alpha value is -5.34. The molecule has 0 saturated carbocycles. The van der Waals surface area contributed by atoms with Crippen molar-refractivity contribution in [1.82, 2.24) is 25.1 Å². The molecule has 14 heteroatoms. The van der Waals surface area contributed by atoms with Gasteiger partial charge in [-0.3, -0.25) is 24.1 Å². The molecular formula is C33H42N10O4. The van der Waals surface area contributed by atoms with E-state index in [4.69, 9.17) is 5.73 Å². The van der Waals surface area contributed by atoms with Crippen LogP contribution < -0.4 is 32.3 Å². The first-order chi connectivity index (χ1) is 22.6. The van der Waals surface area contributed by atoms with E-state index in [9.17, 15) is 19.2 Å². The van der Waals surface area contributed by atoms with E-state index in [2.05, 4.69) is 41.5 Å². The number of rotatable bonds is 14. The molecule has 4 rings (SSSR count). The van der Waals surface area contributed by atoms with Crippen LogP contribution >= 0.6 is 0 Å². The molecule has 1 aromatic heterocycles. The molecule has 0 spiro atoms. The maximum atomic E-state index is 13.3. The summed E-state index contributed by atoms with van der Waals surface area (Å²) in [6.45, 7) is 8.62. The largest absolute Gasteiger partial charge is 0.369 e. The van der Waals surface area contributed by atoms with Gasteiger partial charge in [0.2, 0.25) is 23.7 Å². The van der Waals surface area contributed by atoms with Crippen molar-refractivity contribution >= 4 is 52.5 Å². The van der Waals surface area contributed by atoms with Gasteiger partial charge in [-0.15, -0.1) is 0 Å². The zero-order valence-corrected chi connectivity index (χ0v) is 26.9. The summed E-state index contributed by atoms with van der Waals surface area (Å²) in [6, 6.07) is 12.5. The van der Waals surface area contributed by atoms with Gasteiger partial charge in [0.1, 0.15) is 17.4 Å². The van der Waals surface area contributed by atoms with Crippen molar-refractivity contribution in [3.05, 3.63) is 78.0 Å². The highest BCUT2D eigenvalue weighted by molar-refractivity contribution is 6.08. The molecule has 0 bridgehead atoms. The Morgan fingerprint density at radius 2 is 1.74 bits per heavy atom. The summed E-state index contributed by atoms with van der Waals surface area (Å²) in [5, 5.41) is 15.2. The second-order valence-electron chi connectivity index (χ2n) is 11.1. The van der Waals surface area contributed by atoms with Crippen molar-refractivity contribution in [3.8, 4) is 0 Å². The Morgan fingerprint density at radius 1 is 1.04 bits per heavy atom. The average molecular weight is 643 g/mol. The number of aromatic nitrogens is 2. The van der Waals surface area contributed by atoms with Crippen LogP contribution in [0, 0.1) is 0 Å². The van der Waals surface area contributed by atoms with Gasteiger partial charge >= 0.3 is 0 Å². The molecule has 0 aliphatic carbocycles. The zero-order valence-electron chi connectivity index (χ0n) is 26.9.